The van der Waals surface area contributed by atoms with Gasteiger partial charge in [-0.3, -0.25) is 4.98 Å². The maximum absolute atomic E-state index is 11.8. The van der Waals surface area contributed by atoms with Crippen LogP contribution in [0.2, 0.25) is 0 Å². The highest BCUT2D eigenvalue weighted by Crippen LogP contribution is 2.19. The van der Waals surface area contributed by atoms with E-state index >= 15 is 0 Å². The van der Waals surface area contributed by atoms with E-state index in [0.717, 1.165) is 30.7 Å². The van der Waals surface area contributed by atoms with E-state index in [0.29, 0.717) is 19.1 Å². The van der Waals surface area contributed by atoms with Crippen LogP contribution in [0.1, 0.15) is 32.3 Å². The van der Waals surface area contributed by atoms with Crippen molar-refractivity contribution in [2.24, 2.45) is 0 Å². The summed E-state index contributed by atoms with van der Waals surface area (Å²) in [6.07, 6.45) is 9.57. The lowest BCUT2D eigenvalue weighted by molar-refractivity contribution is 0.187. The van der Waals surface area contributed by atoms with Gasteiger partial charge in [0.25, 0.3) is 0 Å². The Balaban J connectivity index is 1.87. The van der Waals surface area contributed by atoms with E-state index in [9.17, 15) is 4.79 Å². The quantitative estimate of drug-likeness (QED) is 0.804. The Kier molecular flexibility index (Phi) is 7.06. The van der Waals surface area contributed by atoms with E-state index in [4.69, 9.17) is 4.74 Å². The molecule has 6 nitrogen and oxygen atoms in total. The highest BCUT2D eigenvalue weighted by atomic mass is 16.5. The molecule has 2 heterocycles. The molecular formula is C18H28N4O2. The van der Waals surface area contributed by atoms with Gasteiger partial charge in [0.2, 0.25) is 0 Å². The zero-order valence-electron chi connectivity index (χ0n) is 14.8. The molecule has 1 aromatic heterocycles. The molecule has 6 heteroatoms. The maximum Gasteiger partial charge on any atom is 0.317 e. The highest BCUT2D eigenvalue weighted by molar-refractivity contribution is 5.74. The second kappa shape index (κ2) is 9.27. The van der Waals surface area contributed by atoms with Crippen molar-refractivity contribution >= 4 is 12.1 Å². The Morgan fingerprint density at radius 1 is 1.54 bits per heavy atom. The first kappa shape index (κ1) is 18.3. The number of aromatic nitrogens is 1. The molecule has 0 aliphatic carbocycles. The summed E-state index contributed by atoms with van der Waals surface area (Å²) in [7, 11) is 1.96. The number of ether oxygens (including phenoxy) is 1. The van der Waals surface area contributed by atoms with Gasteiger partial charge >= 0.3 is 6.03 Å². The molecule has 1 aliphatic rings. The lowest BCUT2D eigenvalue weighted by Gasteiger charge is -2.17. The minimum atomic E-state index is -0.0166. The lowest BCUT2D eigenvalue weighted by Crippen LogP contribution is -2.39. The molecule has 24 heavy (non-hydrogen) atoms. The third-order valence-electron chi connectivity index (χ3n) is 4.09. The number of likely N-dealkylation sites (tertiary alicyclic amines) is 1. The number of rotatable bonds is 7. The van der Waals surface area contributed by atoms with E-state index < -0.39 is 0 Å². The van der Waals surface area contributed by atoms with Gasteiger partial charge in [-0.25, -0.2) is 4.79 Å². The molecule has 0 saturated carbocycles. The maximum atomic E-state index is 11.8. The standard InChI is InChI=1S/C18H28N4O2/c1-4-21-18(23)22-9-8-16(13-22)24-17-10-15(11-20-12-17)7-5-6-14(2)19-3/h5,7,10-12,14,16,19H,4,6,8-9,13H2,1-3H3,(H,21,23)/t14-,16-/m0/s1. The molecule has 1 fully saturated rings. The predicted octanol–water partition coefficient (Wildman–Crippen LogP) is 2.28. The fourth-order valence-electron chi connectivity index (χ4n) is 2.58. The molecule has 2 rings (SSSR count). The first-order chi connectivity index (χ1) is 11.6. The highest BCUT2D eigenvalue weighted by Gasteiger charge is 2.27. The SMILES string of the molecule is CCNC(=O)N1CC[C@H](Oc2cncc(C=CC[C@H](C)NC)c2)C1. The minimum Gasteiger partial charge on any atom is -0.487 e. The summed E-state index contributed by atoms with van der Waals surface area (Å²) >= 11 is 0. The minimum absolute atomic E-state index is 0.0166. The van der Waals surface area contributed by atoms with E-state index in [1.165, 1.54) is 0 Å². The zero-order valence-corrected chi connectivity index (χ0v) is 14.8. The Morgan fingerprint density at radius 3 is 3.12 bits per heavy atom. The number of amides is 2. The van der Waals surface area contributed by atoms with Gasteiger partial charge in [0.05, 0.1) is 12.7 Å². The van der Waals surface area contributed by atoms with Crippen molar-refractivity contribution in [1.29, 1.82) is 0 Å². The second-order valence-electron chi connectivity index (χ2n) is 6.09. The molecule has 2 N–H and O–H groups in total. The predicted molar refractivity (Wildman–Crippen MR) is 96.1 cm³/mol. The second-order valence-corrected chi connectivity index (χ2v) is 6.09. The van der Waals surface area contributed by atoms with E-state index in [2.05, 4.69) is 34.7 Å². The number of pyridine rings is 1. The summed E-state index contributed by atoms with van der Waals surface area (Å²) in [5.41, 5.74) is 1.02. The Morgan fingerprint density at radius 2 is 2.38 bits per heavy atom. The molecule has 2 amide bonds. The van der Waals surface area contributed by atoms with Gasteiger partial charge < -0.3 is 20.3 Å². The molecule has 0 spiro atoms. The van der Waals surface area contributed by atoms with Crippen molar-refractivity contribution in [3.05, 3.63) is 30.1 Å². The Hall–Kier alpha value is -2.08. The Labute approximate surface area is 144 Å². The fourth-order valence-corrected chi connectivity index (χ4v) is 2.58. The molecule has 1 saturated heterocycles. The number of hydrogen-bond donors (Lipinski definition) is 2. The summed E-state index contributed by atoms with van der Waals surface area (Å²) in [6.45, 7) is 6.05. The summed E-state index contributed by atoms with van der Waals surface area (Å²) in [4.78, 5) is 17.9. The number of carbonyl (C=O) groups is 1. The van der Waals surface area contributed by atoms with Crippen LogP contribution in [0.5, 0.6) is 5.75 Å². The Bertz CT molecular complexity index is 562. The van der Waals surface area contributed by atoms with Gasteiger partial charge in [-0.1, -0.05) is 12.2 Å². The van der Waals surface area contributed by atoms with Crippen LogP contribution in [0.3, 0.4) is 0 Å². The van der Waals surface area contributed by atoms with Crippen LogP contribution in [0.4, 0.5) is 4.79 Å². The molecule has 0 aromatic carbocycles. The number of urea groups is 1. The molecule has 0 unspecified atom stereocenters. The molecule has 1 aromatic rings. The van der Waals surface area contributed by atoms with Crippen molar-refractivity contribution in [2.75, 3.05) is 26.7 Å². The molecule has 1 aliphatic heterocycles. The zero-order chi connectivity index (χ0) is 17.4. The van der Waals surface area contributed by atoms with Crippen LogP contribution in [0.25, 0.3) is 6.08 Å². The fraction of sp³-hybridized carbons (Fsp3) is 0.556. The van der Waals surface area contributed by atoms with Gasteiger partial charge in [-0.05, 0) is 38.9 Å². The van der Waals surface area contributed by atoms with Gasteiger partial charge in [0.15, 0.2) is 0 Å². The van der Waals surface area contributed by atoms with Gasteiger partial charge in [-0.2, -0.15) is 0 Å². The summed E-state index contributed by atoms with van der Waals surface area (Å²) in [6, 6.07) is 2.42. The van der Waals surface area contributed by atoms with E-state index in [1.807, 2.05) is 26.2 Å². The smallest absolute Gasteiger partial charge is 0.317 e. The van der Waals surface area contributed by atoms with Crippen LogP contribution in [0.15, 0.2) is 24.5 Å². The summed E-state index contributed by atoms with van der Waals surface area (Å²) in [5, 5.41) is 6.03. The molecule has 132 valence electrons. The van der Waals surface area contributed by atoms with Crippen molar-refractivity contribution in [3.63, 3.8) is 0 Å². The monoisotopic (exact) mass is 332 g/mol. The van der Waals surface area contributed by atoms with Crippen molar-refractivity contribution in [2.45, 2.75) is 38.8 Å². The third kappa shape index (κ3) is 5.53. The van der Waals surface area contributed by atoms with Crippen molar-refractivity contribution in [1.82, 2.24) is 20.5 Å². The first-order valence-corrected chi connectivity index (χ1v) is 8.60. The van der Waals surface area contributed by atoms with Gasteiger partial charge in [0, 0.05) is 31.7 Å². The van der Waals surface area contributed by atoms with Crippen LogP contribution >= 0.6 is 0 Å². The molecule has 0 bridgehead atoms. The van der Waals surface area contributed by atoms with Crippen LogP contribution in [-0.2, 0) is 0 Å². The van der Waals surface area contributed by atoms with Crippen LogP contribution in [0, 0.1) is 0 Å². The van der Waals surface area contributed by atoms with Gasteiger partial charge in [-0.15, -0.1) is 0 Å². The molecule has 2 atom stereocenters. The lowest BCUT2D eigenvalue weighted by atomic mass is 10.2. The summed E-state index contributed by atoms with van der Waals surface area (Å²) < 4.78 is 5.99. The van der Waals surface area contributed by atoms with E-state index in [1.54, 1.807) is 11.1 Å². The number of hydrogen-bond acceptors (Lipinski definition) is 4. The summed E-state index contributed by atoms with van der Waals surface area (Å²) in [5.74, 6) is 0.751. The number of nitrogens with zero attached hydrogens (tertiary/aromatic N) is 2. The van der Waals surface area contributed by atoms with E-state index in [-0.39, 0.29) is 12.1 Å². The molecular weight excluding hydrogens is 304 g/mol. The third-order valence-corrected chi connectivity index (χ3v) is 4.09. The average Bonchev–Trinajstić information content (AvgIpc) is 3.04. The first-order valence-electron chi connectivity index (χ1n) is 8.60. The van der Waals surface area contributed by atoms with Crippen LogP contribution in [-0.4, -0.2) is 54.7 Å². The normalized spacial score (nSPS) is 18.8. The number of nitrogens with one attached hydrogen (secondary N) is 2. The number of carbonyl (C=O) groups excluding carboxylic acids is 1. The molecule has 0 radical (unpaired) electrons. The van der Waals surface area contributed by atoms with Gasteiger partial charge in [0.1, 0.15) is 11.9 Å². The van der Waals surface area contributed by atoms with Crippen molar-refractivity contribution < 1.29 is 9.53 Å². The van der Waals surface area contributed by atoms with Crippen molar-refractivity contribution in [3.8, 4) is 5.75 Å². The average molecular weight is 332 g/mol. The topological polar surface area (TPSA) is 66.5 Å². The van der Waals surface area contributed by atoms with Crippen LogP contribution < -0.4 is 15.4 Å². The largest absolute Gasteiger partial charge is 0.487 e.